The Hall–Kier alpha value is -1.84. The molecule has 0 saturated carbocycles. The Morgan fingerprint density at radius 3 is 2.85 bits per heavy atom. The first-order valence-corrected chi connectivity index (χ1v) is 12.3. The fourth-order valence-electron chi connectivity index (χ4n) is 3.22. The number of carbonyl (C=O) groups excluding carboxylic acids is 1. The summed E-state index contributed by atoms with van der Waals surface area (Å²) in [5.41, 5.74) is 1.80. The van der Waals surface area contributed by atoms with E-state index in [0.29, 0.717) is 18.1 Å². The van der Waals surface area contributed by atoms with Crippen LogP contribution in [0.25, 0.3) is 11.0 Å². The lowest BCUT2D eigenvalue weighted by Crippen LogP contribution is -2.41. The normalized spacial score (nSPS) is 18.7. The van der Waals surface area contributed by atoms with Crippen LogP contribution in [0.2, 0.25) is 0 Å². The molecule has 4 rings (SSSR count). The summed E-state index contributed by atoms with van der Waals surface area (Å²) in [5, 5.41) is 2.66. The number of aromatic nitrogens is 2. The highest BCUT2D eigenvalue weighted by atomic mass is 32.2. The topological polar surface area (TPSA) is 83.1 Å². The van der Waals surface area contributed by atoms with Crippen molar-refractivity contribution in [3.05, 3.63) is 46.7 Å². The molecule has 0 bridgehead atoms. The van der Waals surface area contributed by atoms with Crippen LogP contribution in [0, 0.1) is 0 Å². The van der Waals surface area contributed by atoms with Crippen molar-refractivity contribution in [2.75, 3.05) is 17.3 Å². The minimum atomic E-state index is -3.05. The molecule has 1 saturated heterocycles. The maximum absolute atomic E-state index is 12.9. The number of thiophene rings is 1. The van der Waals surface area contributed by atoms with Crippen LogP contribution in [-0.4, -0.2) is 52.5 Å². The third-order valence-corrected chi connectivity index (χ3v) is 8.05. The van der Waals surface area contributed by atoms with E-state index < -0.39 is 9.84 Å². The quantitative estimate of drug-likeness (QED) is 0.619. The first kappa shape index (κ1) is 18.5. The number of hydrogen-bond donors (Lipinski definition) is 1. The van der Waals surface area contributed by atoms with Crippen molar-refractivity contribution >= 4 is 49.9 Å². The molecule has 9 heteroatoms. The minimum Gasteiger partial charge on any atom is -0.333 e. The van der Waals surface area contributed by atoms with Gasteiger partial charge in [-0.25, -0.2) is 13.4 Å². The summed E-state index contributed by atoms with van der Waals surface area (Å²) < 4.78 is 23.8. The van der Waals surface area contributed by atoms with Gasteiger partial charge in [-0.1, -0.05) is 30.0 Å². The number of carbonyl (C=O) groups is 1. The van der Waals surface area contributed by atoms with E-state index in [2.05, 4.69) is 9.97 Å². The summed E-state index contributed by atoms with van der Waals surface area (Å²) in [5.74, 6) is 0.375. The molecule has 142 valence electrons. The van der Waals surface area contributed by atoms with Gasteiger partial charge in [0.2, 0.25) is 5.91 Å². The van der Waals surface area contributed by atoms with Crippen molar-refractivity contribution in [1.29, 1.82) is 0 Å². The zero-order chi connectivity index (χ0) is 18.9. The van der Waals surface area contributed by atoms with E-state index in [4.69, 9.17) is 0 Å². The summed E-state index contributed by atoms with van der Waals surface area (Å²) in [6.07, 6.45) is 0.509. The van der Waals surface area contributed by atoms with Crippen LogP contribution in [0.1, 0.15) is 11.3 Å². The molecule has 2 aromatic heterocycles. The highest BCUT2D eigenvalue weighted by Crippen LogP contribution is 2.25. The van der Waals surface area contributed by atoms with Crippen LogP contribution in [0.3, 0.4) is 0 Å². The highest BCUT2D eigenvalue weighted by molar-refractivity contribution is 7.99. The number of nitrogens with one attached hydrogen (secondary N) is 1. The third-order valence-electron chi connectivity index (χ3n) is 4.58. The number of fused-ring (bicyclic) bond motifs is 1. The largest absolute Gasteiger partial charge is 0.333 e. The van der Waals surface area contributed by atoms with Crippen molar-refractivity contribution in [1.82, 2.24) is 14.9 Å². The lowest BCUT2D eigenvalue weighted by atomic mass is 10.2. The molecule has 3 aromatic rings. The SMILES string of the molecule is O=C(CSc1nc2ccccc2[nH]1)N(Cc1cccs1)C1CCS(=O)(=O)C1. The van der Waals surface area contributed by atoms with Gasteiger partial charge in [0.15, 0.2) is 15.0 Å². The third kappa shape index (κ3) is 4.36. The van der Waals surface area contributed by atoms with Gasteiger partial charge in [-0.05, 0) is 30.0 Å². The highest BCUT2D eigenvalue weighted by Gasteiger charge is 2.34. The van der Waals surface area contributed by atoms with E-state index in [0.717, 1.165) is 15.9 Å². The van der Waals surface area contributed by atoms with Gasteiger partial charge in [0, 0.05) is 10.9 Å². The van der Waals surface area contributed by atoms with Gasteiger partial charge in [-0.15, -0.1) is 11.3 Å². The van der Waals surface area contributed by atoms with Crippen LogP contribution in [-0.2, 0) is 21.2 Å². The second kappa shape index (κ2) is 7.65. The molecule has 27 heavy (non-hydrogen) atoms. The van der Waals surface area contributed by atoms with E-state index in [-0.39, 0.29) is 29.2 Å². The Labute approximate surface area is 165 Å². The zero-order valence-electron chi connectivity index (χ0n) is 14.5. The summed E-state index contributed by atoms with van der Waals surface area (Å²) in [4.78, 5) is 23.4. The predicted molar refractivity (Wildman–Crippen MR) is 109 cm³/mol. The number of hydrogen-bond acceptors (Lipinski definition) is 6. The second-order valence-corrected chi connectivity index (χ2v) is 10.7. The molecule has 1 aromatic carbocycles. The van der Waals surface area contributed by atoms with E-state index in [1.807, 2.05) is 41.8 Å². The van der Waals surface area contributed by atoms with Crippen molar-refractivity contribution < 1.29 is 13.2 Å². The molecule has 1 aliphatic heterocycles. The van der Waals surface area contributed by atoms with Crippen LogP contribution in [0.15, 0.2) is 46.9 Å². The van der Waals surface area contributed by atoms with Crippen LogP contribution >= 0.6 is 23.1 Å². The number of para-hydroxylation sites is 2. The van der Waals surface area contributed by atoms with E-state index in [1.165, 1.54) is 11.8 Å². The molecule has 0 spiro atoms. The number of rotatable bonds is 6. The Morgan fingerprint density at radius 2 is 2.15 bits per heavy atom. The average Bonchev–Trinajstić information content (AvgIpc) is 3.36. The van der Waals surface area contributed by atoms with Gasteiger partial charge in [-0.3, -0.25) is 4.79 Å². The van der Waals surface area contributed by atoms with Crippen molar-refractivity contribution in [2.45, 2.75) is 24.2 Å². The zero-order valence-corrected chi connectivity index (χ0v) is 16.9. The van der Waals surface area contributed by atoms with Crippen molar-refractivity contribution in [3.63, 3.8) is 0 Å². The minimum absolute atomic E-state index is 0.0550. The maximum Gasteiger partial charge on any atom is 0.233 e. The number of benzene rings is 1. The molecular weight excluding hydrogens is 402 g/mol. The molecule has 1 amide bonds. The number of thioether (sulfide) groups is 1. The average molecular weight is 422 g/mol. The number of imidazole rings is 1. The molecule has 1 fully saturated rings. The summed E-state index contributed by atoms with van der Waals surface area (Å²) in [7, 11) is -3.05. The van der Waals surface area contributed by atoms with Crippen LogP contribution < -0.4 is 0 Å². The van der Waals surface area contributed by atoms with Crippen LogP contribution in [0.4, 0.5) is 0 Å². The smallest absolute Gasteiger partial charge is 0.233 e. The number of amides is 1. The molecule has 0 aliphatic carbocycles. The summed E-state index contributed by atoms with van der Waals surface area (Å²) in [6, 6.07) is 11.4. The molecule has 0 radical (unpaired) electrons. The molecular formula is C18H19N3O3S3. The van der Waals surface area contributed by atoms with Crippen LogP contribution in [0.5, 0.6) is 0 Å². The lowest BCUT2D eigenvalue weighted by Gasteiger charge is -2.27. The number of nitrogens with zero attached hydrogens (tertiary/aromatic N) is 2. The molecule has 6 nitrogen and oxygen atoms in total. The molecule has 1 unspecified atom stereocenters. The summed E-state index contributed by atoms with van der Waals surface area (Å²) >= 11 is 2.93. The first-order valence-electron chi connectivity index (χ1n) is 8.60. The van der Waals surface area contributed by atoms with Crippen molar-refractivity contribution in [3.8, 4) is 0 Å². The Morgan fingerprint density at radius 1 is 1.30 bits per heavy atom. The van der Waals surface area contributed by atoms with Gasteiger partial charge in [0.25, 0.3) is 0 Å². The molecule has 1 aliphatic rings. The number of aromatic amines is 1. The molecule has 3 heterocycles. The number of H-pyrrole nitrogens is 1. The Kier molecular flexibility index (Phi) is 5.25. The predicted octanol–water partition coefficient (Wildman–Crippen LogP) is 2.93. The Bertz CT molecular complexity index is 1010. The van der Waals surface area contributed by atoms with Gasteiger partial charge >= 0.3 is 0 Å². The van der Waals surface area contributed by atoms with E-state index in [9.17, 15) is 13.2 Å². The van der Waals surface area contributed by atoms with Gasteiger partial charge in [-0.2, -0.15) is 0 Å². The fraction of sp³-hybridized carbons (Fsp3) is 0.333. The monoisotopic (exact) mass is 421 g/mol. The molecule has 1 atom stereocenters. The first-order chi connectivity index (χ1) is 13.0. The number of sulfone groups is 1. The summed E-state index contributed by atoms with van der Waals surface area (Å²) in [6.45, 7) is 0.456. The lowest BCUT2D eigenvalue weighted by molar-refractivity contribution is -0.130. The van der Waals surface area contributed by atoms with E-state index >= 15 is 0 Å². The van der Waals surface area contributed by atoms with Crippen molar-refractivity contribution in [2.24, 2.45) is 0 Å². The standard InChI is InChI=1S/C18H19N3O3S3/c22-17(11-26-18-19-15-5-1-2-6-16(15)20-18)21(10-14-4-3-8-25-14)13-7-9-27(23,24)12-13/h1-6,8,13H,7,9-12H2,(H,19,20). The van der Waals surface area contributed by atoms with E-state index in [1.54, 1.807) is 16.2 Å². The second-order valence-electron chi connectivity index (χ2n) is 6.51. The Balaban J connectivity index is 1.47. The van der Waals surface area contributed by atoms with Gasteiger partial charge in [0.1, 0.15) is 0 Å². The fourth-order valence-corrected chi connectivity index (χ4v) is 6.43. The molecule has 1 N–H and O–H groups in total. The maximum atomic E-state index is 12.9. The van der Waals surface area contributed by atoms with Gasteiger partial charge < -0.3 is 9.88 Å². The van der Waals surface area contributed by atoms with Gasteiger partial charge in [0.05, 0.1) is 34.8 Å².